The van der Waals surface area contributed by atoms with Gasteiger partial charge in [0.05, 0.1) is 23.3 Å². The second kappa shape index (κ2) is 7.35. The van der Waals surface area contributed by atoms with E-state index in [-0.39, 0.29) is 6.03 Å². The molecule has 1 aromatic carbocycles. The molecule has 27 heavy (non-hydrogen) atoms. The number of piperazine rings is 1. The van der Waals surface area contributed by atoms with Crippen molar-refractivity contribution in [2.45, 2.75) is 46.1 Å². The van der Waals surface area contributed by atoms with Gasteiger partial charge >= 0.3 is 6.03 Å². The average molecular weight is 367 g/mol. The molecule has 6 nitrogen and oxygen atoms in total. The molecule has 3 heterocycles. The summed E-state index contributed by atoms with van der Waals surface area (Å²) in [6.45, 7) is 9.96. The fourth-order valence-electron chi connectivity index (χ4n) is 4.26. The number of rotatable bonds is 2. The zero-order valence-corrected chi connectivity index (χ0v) is 16.5. The molecule has 0 saturated carbocycles. The highest BCUT2D eigenvalue weighted by atomic mass is 16.2. The molecule has 0 aliphatic carbocycles. The van der Waals surface area contributed by atoms with Crippen LogP contribution in [0.1, 0.15) is 36.1 Å². The number of carbonyl (C=O) groups is 1. The Balaban J connectivity index is 1.48. The standard InChI is InChI=1S/C21H29N5O/c1-15-7-8-16(2)20(12-15)26-17(3)19(13-22-26)23-21(27)25-11-10-24-9-5-4-6-18(24)14-25/h7-8,12-13,18H,4-6,9-11,14H2,1-3H3,(H,23,27). The number of carbonyl (C=O) groups excluding carboxylic acids is 1. The van der Waals surface area contributed by atoms with Crippen molar-refractivity contribution in [2.75, 3.05) is 31.5 Å². The summed E-state index contributed by atoms with van der Waals surface area (Å²) in [7, 11) is 0. The summed E-state index contributed by atoms with van der Waals surface area (Å²) < 4.78 is 1.91. The lowest BCUT2D eigenvalue weighted by atomic mass is 10.00. The van der Waals surface area contributed by atoms with Crippen molar-refractivity contribution < 1.29 is 4.79 Å². The number of piperidine rings is 1. The molecule has 0 bridgehead atoms. The second-order valence-corrected chi connectivity index (χ2v) is 7.91. The lowest BCUT2D eigenvalue weighted by Gasteiger charge is -2.43. The Morgan fingerprint density at radius 2 is 2.00 bits per heavy atom. The first-order chi connectivity index (χ1) is 13.0. The molecule has 2 saturated heterocycles. The molecule has 1 N–H and O–H groups in total. The quantitative estimate of drug-likeness (QED) is 0.884. The highest BCUT2D eigenvalue weighted by Gasteiger charge is 2.31. The fourth-order valence-corrected chi connectivity index (χ4v) is 4.26. The molecule has 1 atom stereocenters. The number of benzene rings is 1. The monoisotopic (exact) mass is 367 g/mol. The molecule has 1 unspecified atom stereocenters. The van der Waals surface area contributed by atoms with Gasteiger partial charge in [0.15, 0.2) is 0 Å². The number of urea groups is 1. The smallest absolute Gasteiger partial charge is 0.322 e. The highest BCUT2D eigenvalue weighted by molar-refractivity contribution is 5.90. The molecule has 6 heteroatoms. The summed E-state index contributed by atoms with van der Waals surface area (Å²) >= 11 is 0. The van der Waals surface area contributed by atoms with Gasteiger partial charge in [-0.05, 0) is 57.4 Å². The first-order valence-corrected chi connectivity index (χ1v) is 9.95. The highest BCUT2D eigenvalue weighted by Crippen LogP contribution is 2.24. The third kappa shape index (κ3) is 3.58. The number of hydrogen-bond donors (Lipinski definition) is 1. The third-order valence-corrected chi connectivity index (χ3v) is 5.97. The van der Waals surface area contributed by atoms with Gasteiger partial charge < -0.3 is 10.2 Å². The maximum Gasteiger partial charge on any atom is 0.322 e. The third-order valence-electron chi connectivity index (χ3n) is 5.97. The number of fused-ring (bicyclic) bond motifs is 1. The van der Waals surface area contributed by atoms with Crippen LogP contribution >= 0.6 is 0 Å². The Bertz CT molecular complexity index is 843. The average Bonchev–Trinajstić information content (AvgIpc) is 3.03. The maximum atomic E-state index is 12.8. The molecule has 2 fully saturated rings. The van der Waals surface area contributed by atoms with Gasteiger partial charge in [0, 0.05) is 25.7 Å². The molecule has 2 aliphatic rings. The van der Waals surface area contributed by atoms with E-state index in [1.54, 1.807) is 6.20 Å². The van der Waals surface area contributed by atoms with Crippen molar-refractivity contribution in [1.29, 1.82) is 0 Å². The van der Waals surface area contributed by atoms with E-state index in [9.17, 15) is 4.79 Å². The zero-order valence-electron chi connectivity index (χ0n) is 16.5. The normalized spacial score (nSPS) is 20.4. The lowest BCUT2D eigenvalue weighted by molar-refractivity contribution is 0.0678. The fraction of sp³-hybridized carbons (Fsp3) is 0.524. The minimum absolute atomic E-state index is 0.0103. The molecule has 4 rings (SSSR count). The second-order valence-electron chi connectivity index (χ2n) is 7.91. The predicted octanol–water partition coefficient (Wildman–Crippen LogP) is 3.50. The largest absolute Gasteiger partial charge is 0.322 e. The minimum atomic E-state index is -0.0103. The van der Waals surface area contributed by atoms with E-state index in [4.69, 9.17) is 0 Å². The van der Waals surface area contributed by atoms with Gasteiger partial charge in [-0.1, -0.05) is 18.6 Å². The van der Waals surface area contributed by atoms with Gasteiger partial charge in [-0.2, -0.15) is 5.10 Å². The number of anilines is 1. The number of amides is 2. The molecule has 2 amide bonds. The molecule has 144 valence electrons. The number of nitrogens with one attached hydrogen (secondary N) is 1. The topological polar surface area (TPSA) is 53.4 Å². The van der Waals surface area contributed by atoms with Crippen LogP contribution in [-0.2, 0) is 0 Å². The van der Waals surface area contributed by atoms with Crippen LogP contribution in [0.2, 0.25) is 0 Å². The van der Waals surface area contributed by atoms with Crippen LogP contribution in [0.3, 0.4) is 0 Å². The van der Waals surface area contributed by atoms with E-state index in [1.165, 1.54) is 31.4 Å². The van der Waals surface area contributed by atoms with Crippen molar-refractivity contribution in [2.24, 2.45) is 0 Å². The lowest BCUT2D eigenvalue weighted by Crippen LogP contribution is -2.56. The number of nitrogens with zero attached hydrogens (tertiary/aromatic N) is 4. The number of hydrogen-bond acceptors (Lipinski definition) is 3. The zero-order chi connectivity index (χ0) is 19.0. The van der Waals surface area contributed by atoms with Gasteiger partial charge in [-0.15, -0.1) is 0 Å². The van der Waals surface area contributed by atoms with E-state index in [1.807, 2.05) is 16.5 Å². The van der Waals surface area contributed by atoms with Crippen molar-refractivity contribution in [1.82, 2.24) is 19.6 Å². The van der Waals surface area contributed by atoms with E-state index < -0.39 is 0 Å². The van der Waals surface area contributed by atoms with E-state index >= 15 is 0 Å². The molecule has 1 aromatic heterocycles. The Hall–Kier alpha value is -2.34. The summed E-state index contributed by atoms with van der Waals surface area (Å²) in [4.78, 5) is 17.3. The first kappa shape index (κ1) is 18.0. The predicted molar refractivity (Wildman–Crippen MR) is 108 cm³/mol. The van der Waals surface area contributed by atoms with Gasteiger partial charge in [0.2, 0.25) is 0 Å². The van der Waals surface area contributed by atoms with Crippen molar-refractivity contribution in [3.8, 4) is 5.69 Å². The summed E-state index contributed by atoms with van der Waals surface area (Å²) in [5.41, 5.74) is 5.16. The minimum Gasteiger partial charge on any atom is -0.322 e. The first-order valence-electron chi connectivity index (χ1n) is 9.95. The SMILES string of the molecule is Cc1ccc(C)c(-n2ncc(NC(=O)N3CCN4CCCCC4C3)c2C)c1. The summed E-state index contributed by atoms with van der Waals surface area (Å²) in [6.07, 6.45) is 5.52. The Labute approximate surface area is 161 Å². The van der Waals surface area contributed by atoms with E-state index in [0.29, 0.717) is 6.04 Å². The van der Waals surface area contributed by atoms with Crippen LogP contribution in [0.5, 0.6) is 0 Å². The van der Waals surface area contributed by atoms with Crippen LogP contribution in [0.15, 0.2) is 24.4 Å². The van der Waals surface area contributed by atoms with Crippen LogP contribution in [0, 0.1) is 20.8 Å². The molecule has 0 spiro atoms. The van der Waals surface area contributed by atoms with Gasteiger partial charge in [0.25, 0.3) is 0 Å². The van der Waals surface area contributed by atoms with Crippen LogP contribution in [0.25, 0.3) is 5.69 Å². The Kier molecular flexibility index (Phi) is 4.91. The molecule has 0 radical (unpaired) electrons. The Morgan fingerprint density at radius 1 is 1.15 bits per heavy atom. The molecular weight excluding hydrogens is 338 g/mol. The van der Waals surface area contributed by atoms with E-state index in [0.717, 1.165) is 42.3 Å². The van der Waals surface area contributed by atoms with Gasteiger partial charge in [-0.25, -0.2) is 9.48 Å². The summed E-state index contributed by atoms with van der Waals surface area (Å²) in [5, 5.41) is 7.61. The number of aromatic nitrogens is 2. The van der Waals surface area contributed by atoms with Gasteiger partial charge in [-0.3, -0.25) is 4.90 Å². The van der Waals surface area contributed by atoms with Crippen molar-refractivity contribution in [3.05, 3.63) is 41.2 Å². The van der Waals surface area contributed by atoms with E-state index in [2.05, 4.69) is 47.4 Å². The molecular formula is C21H29N5O. The van der Waals surface area contributed by atoms with Gasteiger partial charge in [0.1, 0.15) is 0 Å². The molecule has 2 aliphatic heterocycles. The molecule has 2 aromatic rings. The summed E-state index contributed by atoms with van der Waals surface area (Å²) in [5.74, 6) is 0. The van der Waals surface area contributed by atoms with Crippen molar-refractivity contribution >= 4 is 11.7 Å². The maximum absolute atomic E-state index is 12.8. The summed E-state index contributed by atoms with van der Waals surface area (Å²) in [6, 6.07) is 6.85. The Morgan fingerprint density at radius 3 is 2.85 bits per heavy atom. The van der Waals surface area contributed by atoms with Crippen molar-refractivity contribution in [3.63, 3.8) is 0 Å². The van der Waals surface area contributed by atoms with Crippen LogP contribution in [0.4, 0.5) is 10.5 Å². The number of aryl methyl sites for hydroxylation is 2. The van der Waals surface area contributed by atoms with Crippen LogP contribution in [-0.4, -0.2) is 57.8 Å². The van der Waals surface area contributed by atoms with Crippen LogP contribution < -0.4 is 5.32 Å².